The number of aromatic nitrogens is 2. The number of rotatable bonds is 7. The van der Waals surface area contributed by atoms with Crippen molar-refractivity contribution in [2.45, 2.75) is 13.5 Å². The summed E-state index contributed by atoms with van der Waals surface area (Å²) in [5, 5.41) is 11.7. The zero-order valence-electron chi connectivity index (χ0n) is 20.0. The number of hydrogen-bond acceptors (Lipinski definition) is 6. The normalized spacial score (nSPS) is 11.7. The molecule has 0 atom stereocenters. The molecule has 2 aromatic heterocycles. The van der Waals surface area contributed by atoms with Crippen LogP contribution in [0.3, 0.4) is 0 Å². The molecule has 0 radical (unpaired) electrons. The Balaban J connectivity index is 2.07. The minimum absolute atomic E-state index is 0.0868. The van der Waals surface area contributed by atoms with Gasteiger partial charge < -0.3 is 9.55 Å². The van der Waals surface area contributed by atoms with Gasteiger partial charge in [-0.05, 0) is 37.3 Å². The van der Waals surface area contributed by atoms with Crippen molar-refractivity contribution in [1.29, 1.82) is 0 Å². The minimum Gasteiger partial charge on any atom is -0.331 e. The number of aromatic amines is 1. The first kappa shape index (κ1) is 25.7. The lowest BCUT2D eigenvalue weighted by atomic mass is 10.0. The van der Waals surface area contributed by atoms with E-state index in [4.69, 9.17) is 0 Å². The standard InChI is InChI=1S/C24H22FN5O6S/c1-14-6-9-20-18(11-14)21(17-5-4-10-26-23(17)31)22(24(32)27-37(35,36)28(2)3)29(20)13-15-12-16(30(33)34)7-8-19(15)25/h4-12H,13H2,1-3H3,(H,26,31)(H,27,32). The van der Waals surface area contributed by atoms with Gasteiger partial charge in [-0.1, -0.05) is 11.6 Å². The molecule has 2 heterocycles. The number of non-ortho nitro benzene ring substituents is 1. The molecule has 4 aromatic rings. The smallest absolute Gasteiger partial charge is 0.303 e. The molecule has 0 unspecified atom stereocenters. The van der Waals surface area contributed by atoms with E-state index in [9.17, 15) is 32.5 Å². The van der Waals surface area contributed by atoms with E-state index >= 15 is 0 Å². The largest absolute Gasteiger partial charge is 0.331 e. The van der Waals surface area contributed by atoms with Crippen molar-refractivity contribution in [3.8, 4) is 11.1 Å². The number of benzene rings is 2. The Bertz CT molecular complexity index is 1730. The van der Waals surface area contributed by atoms with Crippen LogP contribution in [0, 0.1) is 22.9 Å². The maximum Gasteiger partial charge on any atom is 0.303 e. The summed E-state index contributed by atoms with van der Waals surface area (Å²) in [6.07, 6.45) is 1.41. The minimum atomic E-state index is -4.24. The molecular weight excluding hydrogens is 505 g/mol. The molecule has 4 rings (SSSR count). The fraction of sp³-hybridized carbons (Fsp3) is 0.167. The Kier molecular flexibility index (Phi) is 6.67. The summed E-state index contributed by atoms with van der Waals surface area (Å²) >= 11 is 0. The van der Waals surface area contributed by atoms with Crippen molar-refractivity contribution in [2.75, 3.05) is 14.1 Å². The summed E-state index contributed by atoms with van der Waals surface area (Å²) < 4.78 is 44.0. The number of carbonyl (C=O) groups is 1. The molecule has 13 heteroatoms. The van der Waals surface area contributed by atoms with E-state index in [-0.39, 0.29) is 34.6 Å². The molecule has 37 heavy (non-hydrogen) atoms. The van der Waals surface area contributed by atoms with Gasteiger partial charge in [0.25, 0.3) is 17.2 Å². The molecule has 0 aliphatic carbocycles. The molecule has 0 saturated heterocycles. The molecular formula is C24H22FN5O6S. The molecule has 11 nitrogen and oxygen atoms in total. The predicted octanol–water partition coefficient (Wildman–Crippen LogP) is 2.94. The first-order valence-electron chi connectivity index (χ1n) is 10.9. The Morgan fingerprint density at radius 3 is 2.57 bits per heavy atom. The fourth-order valence-electron chi connectivity index (χ4n) is 3.98. The van der Waals surface area contributed by atoms with Gasteiger partial charge in [0.15, 0.2) is 0 Å². The van der Waals surface area contributed by atoms with Crippen LogP contribution in [0.4, 0.5) is 10.1 Å². The van der Waals surface area contributed by atoms with E-state index in [0.717, 1.165) is 28.1 Å². The predicted molar refractivity (Wildman–Crippen MR) is 135 cm³/mol. The van der Waals surface area contributed by atoms with Crippen LogP contribution in [0.15, 0.2) is 59.5 Å². The van der Waals surface area contributed by atoms with Crippen molar-refractivity contribution >= 4 is 32.7 Å². The van der Waals surface area contributed by atoms with Crippen molar-refractivity contribution in [3.05, 3.63) is 97.8 Å². The van der Waals surface area contributed by atoms with Crippen LogP contribution < -0.4 is 10.3 Å². The van der Waals surface area contributed by atoms with Crippen LogP contribution in [0.1, 0.15) is 21.6 Å². The first-order chi connectivity index (χ1) is 17.4. The lowest BCUT2D eigenvalue weighted by Gasteiger charge is -2.16. The van der Waals surface area contributed by atoms with E-state index < -0.39 is 32.4 Å². The van der Waals surface area contributed by atoms with Gasteiger partial charge in [0.2, 0.25) is 0 Å². The third-order valence-electron chi connectivity index (χ3n) is 5.79. The number of fused-ring (bicyclic) bond motifs is 1. The molecule has 0 spiro atoms. The van der Waals surface area contributed by atoms with Gasteiger partial charge >= 0.3 is 10.2 Å². The summed E-state index contributed by atoms with van der Waals surface area (Å²) in [6, 6.07) is 11.1. The number of carbonyl (C=O) groups excluding carboxylic acids is 1. The molecule has 0 saturated carbocycles. The quantitative estimate of drug-likeness (QED) is 0.279. The fourth-order valence-corrected chi connectivity index (χ4v) is 4.50. The van der Waals surface area contributed by atoms with E-state index in [1.54, 1.807) is 31.2 Å². The van der Waals surface area contributed by atoms with Gasteiger partial charge in [-0.3, -0.25) is 19.7 Å². The monoisotopic (exact) mass is 527 g/mol. The third-order valence-corrected chi connectivity index (χ3v) is 7.20. The number of nitro benzene ring substituents is 1. The molecule has 0 aliphatic heterocycles. The van der Waals surface area contributed by atoms with E-state index in [2.05, 4.69) is 4.98 Å². The second-order valence-corrected chi connectivity index (χ2v) is 10.4. The number of pyridine rings is 1. The van der Waals surface area contributed by atoms with Crippen LogP contribution in [-0.2, 0) is 16.8 Å². The second-order valence-electron chi connectivity index (χ2n) is 8.49. The topological polar surface area (TPSA) is 147 Å². The average molecular weight is 528 g/mol. The maximum absolute atomic E-state index is 14.8. The molecule has 2 aromatic carbocycles. The summed E-state index contributed by atoms with van der Waals surface area (Å²) in [7, 11) is -1.78. The summed E-state index contributed by atoms with van der Waals surface area (Å²) in [5.74, 6) is -1.82. The highest BCUT2D eigenvalue weighted by molar-refractivity contribution is 7.87. The van der Waals surface area contributed by atoms with Gasteiger partial charge in [-0.25, -0.2) is 9.11 Å². The summed E-state index contributed by atoms with van der Waals surface area (Å²) in [4.78, 5) is 39.5. The van der Waals surface area contributed by atoms with Gasteiger partial charge in [-0.15, -0.1) is 0 Å². The van der Waals surface area contributed by atoms with Crippen LogP contribution in [0.25, 0.3) is 22.0 Å². The van der Waals surface area contributed by atoms with Crippen LogP contribution in [0.5, 0.6) is 0 Å². The van der Waals surface area contributed by atoms with Crippen molar-refractivity contribution in [1.82, 2.24) is 18.6 Å². The average Bonchev–Trinajstić information content (AvgIpc) is 3.13. The Hall–Kier alpha value is -4.36. The molecule has 0 fully saturated rings. The van der Waals surface area contributed by atoms with Crippen molar-refractivity contribution in [2.24, 2.45) is 0 Å². The zero-order valence-corrected chi connectivity index (χ0v) is 20.8. The molecule has 2 N–H and O–H groups in total. The molecule has 0 aliphatic rings. The van der Waals surface area contributed by atoms with E-state index in [0.29, 0.717) is 10.9 Å². The number of aryl methyl sites for hydroxylation is 1. The second kappa shape index (κ2) is 9.59. The SMILES string of the molecule is Cc1ccc2c(c1)c(-c1ccc[nH]c1=O)c(C(=O)NS(=O)(=O)N(C)C)n2Cc1cc([N+](=O)[O-])ccc1F. The van der Waals surface area contributed by atoms with Gasteiger partial charge in [0.1, 0.15) is 11.5 Å². The van der Waals surface area contributed by atoms with E-state index in [1.165, 1.54) is 30.9 Å². The van der Waals surface area contributed by atoms with Crippen molar-refractivity contribution in [3.63, 3.8) is 0 Å². The summed E-state index contributed by atoms with van der Waals surface area (Å²) in [6.45, 7) is 1.44. The highest BCUT2D eigenvalue weighted by atomic mass is 32.2. The third kappa shape index (κ3) is 4.86. The Morgan fingerprint density at radius 1 is 1.19 bits per heavy atom. The number of H-pyrrole nitrogens is 1. The number of halogens is 1. The lowest BCUT2D eigenvalue weighted by Crippen LogP contribution is -2.40. The number of nitrogens with zero attached hydrogens (tertiary/aromatic N) is 3. The number of amides is 1. The molecule has 0 bridgehead atoms. The first-order valence-corrected chi connectivity index (χ1v) is 12.3. The maximum atomic E-state index is 14.8. The van der Waals surface area contributed by atoms with E-state index in [1.807, 2.05) is 4.72 Å². The highest BCUT2D eigenvalue weighted by Crippen LogP contribution is 2.35. The molecule has 1 amide bonds. The van der Waals surface area contributed by atoms with Gasteiger partial charge in [0, 0.05) is 60.0 Å². The number of hydrogen-bond donors (Lipinski definition) is 2. The van der Waals surface area contributed by atoms with Gasteiger partial charge in [0.05, 0.1) is 11.5 Å². The van der Waals surface area contributed by atoms with Crippen molar-refractivity contribution < 1.29 is 22.5 Å². The number of nitro groups is 1. The number of nitrogens with one attached hydrogen (secondary N) is 2. The van der Waals surface area contributed by atoms with Crippen LogP contribution >= 0.6 is 0 Å². The lowest BCUT2D eigenvalue weighted by molar-refractivity contribution is -0.385. The Morgan fingerprint density at radius 2 is 1.92 bits per heavy atom. The van der Waals surface area contributed by atoms with Crippen LogP contribution in [-0.4, -0.2) is 47.2 Å². The zero-order chi connectivity index (χ0) is 27.1. The molecule has 192 valence electrons. The summed E-state index contributed by atoms with van der Waals surface area (Å²) in [5.41, 5.74) is 0.175. The van der Waals surface area contributed by atoms with Crippen LogP contribution in [0.2, 0.25) is 0 Å². The highest BCUT2D eigenvalue weighted by Gasteiger charge is 2.29. The van der Waals surface area contributed by atoms with Gasteiger partial charge in [-0.2, -0.15) is 12.7 Å². The Labute approximate surface area is 210 Å².